The minimum absolute atomic E-state index is 0. The van der Waals surface area contributed by atoms with Gasteiger partial charge in [0.25, 0.3) is 0 Å². The standard InChI is InChI=1S/C6H5O.3CH3.Ce/c7-6-4-2-1-3-5-6;;;;/h2-5,7H;3*1H3;/q4*-1;+4. The zero-order valence-electron chi connectivity index (χ0n) is 7.26. The Morgan fingerprint density at radius 1 is 1.00 bits per heavy atom. The maximum atomic E-state index is 8.61. The van der Waals surface area contributed by atoms with Gasteiger partial charge in [-0.1, -0.05) is 0 Å². The molecule has 1 rings (SSSR count). The summed E-state index contributed by atoms with van der Waals surface area (Å²) in [4.78, 5) is 0. The normalized spacial score (nSPS) is 5.45. The Morgan fingerprint density at radius 3 is 1.55 bits per heavy atom. The van der Waals surface area contributed by atoms with Crippen molar-refractivity contribution < 1.29 is 46.9 Å². The van der Waals surface area contributed by atoms with E-state index in [1.165, 1.54) is 0 Å². The molecular formula is C9H14CeO. The van der Waals surface area contributed by atoms with Crippen LogP contribution in [0.2, 0.25) is 0 Å². The first kappa shape index (κ1) is 22.5. The average Bonchev–Trinajstić information content (AvgIpc) is 1.69. The third-order valence-corrected chi connectivity index (χ3v) is 0.701. The van der Waals surface area contributed by atoms with Crippen molar-refractivity contribution in [3.63, 3.8) is 0 Å². The second kappa shape index (κ2) is 13.0. The first-order valence-corrected chi connectivity index (χ1v) is 2.04. The monoisotopic (exact) mass is 278 g/mol. The van der Waals surface area contributed by atoms with Crippen molar-refractivity contribution in [2.75, 3.05) is 0 Å². The van der Waals surface area contributed by atoms with Crippen LogP contribution in [0.5, 0.6) is 5.75 Å². The third kappa shape index (κ3) is 10.4. The smallest absolute Gasteiger partial charge is 0.533 e. The van der Waals surface area contributed by atoms with E-state index in [1.807, 2.05) is 0 Å². The largest absolute Gasteiger partial charge is 4.00 e. The molecule has 0 fully saturated rings. The van der Waals surface area contributed by atoms with Crippen LogP contribution in [0.3, 0.4) is 0 Å². The van der Waals surface area contributed by atoms with Gasteiger partial charge in [-0.25, -0.2) is 0 Å². The predicted octanol–water partition coefficient (Wildman–Crippen LogP) is 2.54. The van der Waals surface area contributed by atoms with Gasteiger partial charge in [0.15, 0.2) is 0 Å². The van der Waals surface area contributed by atoms with E-state index in [0.717, 1.165) is 0 Å². The fourth-order valence-corrected chi connectivity index (χ4v) is 0.378. The Labute approximate surface area is 104 Å². The summed E-state index contributed by atoms with van der Waals surface area (Å²) in [5, 5.41) is 8.61. The molecule has 1 N–H and O–H groups in total. The van der Waals surface area contributed by atoms with Gasteiger partial charge in [0.1, 0.15) is 0 Å². The minimum atomic E-state index is 0. The van der Waals surface area contributed by atoms with Crippen LogP contribution >= 0.6 is 0 Å². The van der Waals surface area contributed by atoms with Crippen molar-refractivity contribution in [1.82, 2.24) is 0 Å². The molecule has 2 heteroatoms. The molecule has 0 heterocycles. The molecule has 0 aromatic heterocycles. The molecule has 0 atom stereocenters. The van der Waals surface area contributed by atoms with Crippen molar-refractivity contribution in [1.29, 1.82) is 0 Å². The van der Waals surface area contributed by atoms with Crippen molar-refractivity contribution in [3.05, 3.63) is 52.6 Å². The van der Waals surface area contributed by atoms with Gasteiger partial charge in [-0.2, -0.15) is 18.2 Å². The number of phenolic OH excluding ortho intramolecular Hbond substituents is 1. The van der Waals surface area contributed by atoms with Gasteiger partial charge in [-0.15, -0.1) is 12.1 Å². The summed E-state index contributed by atoms with van der Waals surface area (Å²) in [7, 11) is 0. The molecule has 0 bridgehead atoms. The van der Waals surface area contributed by atoms with Gasteiger partial charge in [-0.05, 0) is 0 Å². The maximum Gasteiger partial charge on any atom is 4.00 e. The molecule has 0 amide bonds. The van der Waals surface area contributed by atoms with Crippen LogP contribution in [0, 0.1) is 70.1 Å². The summed E-state index contributed by atoms with van der Waals surface area (Å²) in [5.74, 6) is 0.291. The van der Waals surface area contributed by atoms with Crippen LogP contribution in [-0.4, -0.2) is 5.11 Å². The van der Waals surface area contributed by atoms with Gasteiger partial charge < -0.3 is 27.4 Å². The van der Waals surface area contributed by atoms with E-state index in [2.05, 4.69) is 6.07 Å². The molecule has 0 spiro atoms. The van der Waals surface area contributed by atoms with E-state index in [4.69, 9.17) is 5.11 Å². The summed E-state index contributed by atoms with van der Waals surface area (Å²) in [5.41, 5.74) is 0. The first-order valence-electron chi connectivity index (χ1n) is 2.04. The van der Waals surface area contributed by atoms with Crippen molar-refractivity contribution in [2.45, 2.75) is 0 Å². The SMILES string of the molecule is Oc1cc[c-]cc1.[CH3-].[CH3-].[CH3-].[Ce+4]. The molecule has 0 aliphatic rings. The van der Waals surface area contributed by atoms with E-state index in [1.54, 1.807) is 24.3 Å². The van der Waals surface area contributed by atoms with Crippen molar-refractivity contribution >= 4 is 0 Å². The molecule has 0 aliphatic carbocycles. The molecule has 0 saturated carbocycles. The molecule has 1 aromatic rings. The quantitative estimate of drug-likeness (QED) is 0.723. The molecule has 0 unspecified atom stereocenters. The van der Waals surface area contributed by atoms with Gasteiger partial charge in [0, 0.05) is 5.75 Å². The molecule has 60 valence electrons. The van der Waals surface area contributed by atoms with Crippen LogP contribution in [-0.2, 0) is 0 Å². The fourth-order valence-electron chi connectivity index (χ4n) is 0.378. The first-order chi connectivity index (χ1) is 3.39. The van der Waals surface area contributed by atoms with Crippen LogP contribution in [0.4, 0.5) is 0 Å². The molecule has 0 aliphatic heterocycles. The van der Waals surface area contributed by atoms with E-state index in [0.29, 0.717) is 5.75 Å². The number of benzene rings is 1. The van der Waals surface area contributed by atoms with Gasteiger partial charge in [-0.3, -0.25) is 0 Å². The van der Waals surface area contributed by atoms with Crippen molar-refractivity contribution in [3.8, 4) is 5.75 Å². The summed E-state index contributed by atoms with van der Waals surface area (Å²) < 4.78 is 0. The molecule has 11 heavy (non-hydrogen) atoms. The van der Waals surface area contributed by atoms with Crippen LogP contribution in [0.25, 0.3) is 0 Å². The zero-order chi connectivity index (χ0) is 5.11. The Bertz CT molecular complexity index is 139. The molecular weight excluding hydrogens is 264 g/mol. The Balaban J connectivity index is -0.0000000612. The van der Waals surface area contributed by atoms with Gasteiger partial charge in [0.2, 0.25) is 0 Å². The number of hydrogen-bond donors (Lipinski definition) is 1. The number of hydrogen-bond acceptors (Lipinski definition) is 1. The van der Waals surface area contributed by atoms with Crippen LogP contribution in [0.15, 0.2) is 24.3 Å². The molecule has 1 aromatic carbocycles. The molecule has 0 saturated heterocycles. The average molecular weight is 278 g/mol. The summed E-state index contributed by atoms with van der Waals surface area (Å²) in [6, 6.07) is 9.26. The Morgan fingerprint density at radius 2 is 1.36 bits per heavy atom. The number of rotatable bonds is 0. The van der Waals surface area contributed by atoms with Crippen LogP contribution in [0.1, 0.15) is 0 Å². The molecule has 0 radical (unpaired) electrons. The van der Waals surface area contributed by atoms with Crippen molar-refractivity contribution in [2.24, 2.45) is 0 Å². The van der Waals surface area contributed by atoms with Crippen LogP contribution < -0.4 is 0 Å². The number of aromatic hydroxyl groups is 1. The minimum Gasteiger partial charge on any atom is -0.533 e. The molecule has 1 nitrogen and oxygen atoms in total. The summed E-state index contributed by atoms with van der Waals surface area (Å²) >= 11 is 0. The summed E-state index contributed by atoms with van der Waals surface area (Å²) in [6.45, 7) is 0. The van der Waals surface area contributed by atoms with E-state index in [9.17, 15) is 0 Å². The topological polar surface area (TPSA) is 20.2 Å². The van der Waals surface area contributed by atoms with Gasteiger partial charge >= 0.3 is 41.7 Å². The third-order valence-electron chi connectivity index (χ3n) is 0.701. The number of phenols is 1. The van der Waals surface area contributed by atoms with E-state index < -0.39 is 0 Å². The van der Waals surface area contributed by atoms with E-state index in [-0.39, 0.29) is 64.0 Å². The van der Waals surface area contributed by atoms with Gasteiger partial charge in [0.05, 0.1) is 0 Å². The zero-order valence-corrected chi connectivity index (χ0v) is 10.4. The Kier molecular flexibility index (Phi) is 26.7. The fraction of sp³-hybridized carbons (Fsp3) is 0. The maximum absolute atomic E-state index is 8.61. The predicted molar refractivity (Wildman–Crippen MR) is 46.2 cm³/mol. The second-order valence-electron chi connectivity index (χ2n) is 1.26. The second-order valence-corrected chi connectivity index (χ2v) is 1.26. The summed E-state index contributed by atoms with van der Waals surface area (Å²) in [6.07, 6.45) is 0. The Hall–Kier alpha value is 0.397. The van der Waals surface area contributed by atoms with E-state index >= 15 is 0 Å².